The van der Waals surface area contributed by atoms with Crippen LogP contribution in [0.3, 0.4) is 0 Å². The van der Waals surface area contributed by atoms with E-state index in [2.05, 4.69) is 41.2 Å². The average molecular weight is 273 g/mol. The fourth-order valence-corrected chi connectivity index (χ4v) is 3.94. The van der Waals surface area contributed by atoms with Crippen molar-refractivity contribution in [2.45, 2.75) is 64.0 Å². The average Bonchev–Trinajstić information content (AvgIpc) is 2.49. The Hall–Kier alpha value is -1.09. The first-order chi connectivity index (χ1) is 9.74. The lowest BCUT2D eigenvalue weighted by Crippen LogP contribution is -2.65. The molecule has 3 heteroatoms. The topological polar surface area (TPSA) is 28.2 Å². The van der Waals surface area contributed by atoms with Crippen LogP contribution >= 0.6 is 0 Å². The van der Waals surface area contributed by atoms with Gasteiger partial charge in [-0.1, -0.05) is 26.2 Å². The van der Waals surface area contributed by atoms with Crippen molar-refractivity contribution < 1.29 is 0 Å². The Labute approximate surface area is 122 Å². The number of nitrogens with one attached hydrogen (secondary N) is 1. The van der Waals surface area contributed by atoms with Crippen LogP contribution in [0, 0.1) is 6.92 Å². The highest BCUT2D eigenvalue weighted by atomic mass is 15.3. The predicted molar refractivity (Wildman–Crippen MR) is 84.2 cm³/mol. The molecule has 0 bridgehead atoms. The summed E-state index contributed by atoms with van der Waals surface area (Å²) in [7, 11) is 0. The number of rotatable bonds is 2. The highest BCUT2D eigenvalue weighted by Gasteiger charge is 2.39. The standard InChI is InChI=1S/C17H27N3/c1-3-15-12-19-17(9-5-4-6-10-17)13-20(15)16-8-7-11-18-14(16)2/h7-8,11,15,19H,3-6,9-10,12-13H2,1-2H3. The Morgan fingerprint density at radius 2 is 2.15 bits per heavy atom. The lowest BCUT2D eigenvalue weighted by molar-refractivity contribution is 0.195. The van der Waals surface area contributed by atoms with E-state index >= 15 is 0 Å². The van der Waals surface area contributed by atoms with Crippen molar-refractivity contribution in [1.82, 2.24) is 10.3 Å². The number of aromatic nitrogens is 1. The van der Waals surface area contributed by atoms with E-state index in [1.54, 1.807) is 0 Å². The molecule has 110 valence electrons. The van der Waals surface area contributed by atoms with Gasteiger partial charge in [-0.2, -0.15) is 0 Å². The molecule has 1 saturated heterocycles. The summed E-state index contributed by atoms with van der Waals surface area (Å²) in [6.45, 7) is 6.70. The fraction of sp³-hybridized carbons (Fsp3) is 0.706. The van der Waals surface area contributed by atoms with Crippen LogP contribution in [0.5, 0.6) is 0 Å². The van der Waals surface area contributed by atoms with E-state index in [0.717, 1.165) is 13.1 Å². The monoisotopic (exact) mass is 273 g/mol. The van der Waals surface area contributed by atoms with Gasteiger partial charge in [0.25, 0.3) is 0 Å². The Kier molecular flexibility index (Phi) is 3.97. The normalized spacial score (nSPS) is 25.9. The molecule has 1 aromatic heterocycles. The van der Waals surface area contributed by atoms with E-state index in [1.165, 1.54) is 49.9 Å². The van der Waals surface area contributed by atoms with Crippen LogP contribution in [-0.4, -0.2) is 29.7 Å². The minimum absolute atomic E-state index is 0.353. The van der Waals surface area contributed by atoms with Crippen LogP contribution < -0.4 is 10.2 Å². The van der Waals surface area contributed by atoms with Crippen molar-refractivity contribution in [2.24, 2.45) is 0 Å². The zero-order valence-electron chi connectivity index (χ0n) is 12.9. The molecule has 1 aromatic rings. The molecule has 1 unspecified atom stereocenters. The van der Waals surface area contributed by atoms with E-state index < -0.39 is 0 Å². The van der Waals surface area contributed by atoms with Crippen molar-refractivity contribution in [3.05, 3.63) is 24.0 Å². The molecule has 20 heavy (non-hydrogen) atoms. The molecule has 1 saturated carbocycles. The van der Waals surface area contributed by atoms with Crippen LogP contribution in [0.25, 0.3) is 0 Å². The minimum atomic E-state index is 0.353. The molecule has 1 atom stereocenters. The number of nitrogens with zero attached hydrogens (tertiary/aromatic N) is 2. The summed E-state index contributed by atoms with van der Waals surface area (Å²) in [5, 5.41) is 3.89. The summed E-state index contributed by atoms with van der Waals surface area (Å²) in [6.07, 6.45) is 9.92. The largest absolute Gasteiger partial charge is 0.364 e. The highest BCUT2D eigenvalue weighted by molar-refractivity contribution is 5.52. The van der Waals surface area contributed by atoms with E-state index in [4.69, 9.17) is 0 Å². The van der Waals surface area contributed by atoms with Gasteiger partial charge in [-0.25, -0.2) is 0 Å². The Balaban J connectivity index is 1.87. The molecule has 1 aliphatic heterocycles. The Bertz CT molecular complexity index is 451. The minimum Gasteiger partial charge on any atom is -0.364 e. The number of pyridine rings is 1. The van der Waals surface area contributed by atoms with Gasteiger partial charge in [-0.15, -0.1) is 0 Å². The van der Waals surface area contributed by atoms with Gasteiger partial charge in [-0.05, 0) is 38.3 Å². The van der Waals surface area contributed by atoms with Gasteiger partial charge in [0.05, 0.1) is 11.4 Å². The zero-order chi connectivity index (χ0) is 14.0. The first-order valence-corrected chi connectivity index (χ1v) is 8.17. The second kappa shape index (κ2) is 5.72. The van der Waals surface area contributed by atoms with Crippen molar-refractivity contribution in [1.29, 1.82) is 0 Å². The van der Waals surface area contributed by atoms with E-state index in [0.29, 0.717) is 11.6 Å². The number of anilines is 1. The van der Waals surface area contributed by atoms with E-state index in [9.17, 15) is 0 Å². The van der Waals surface area contributed by atoms with Gasteiger partial charge in [0.1, 0.15) is 0 Å². The molecule has 0 aromatic carbocycles. The summed E-state index contributed by atoms with van der Waals surface area (Å²) in [4.78, 5) is 7.12. The van der Waals surface area contributed by atoms with Crippen molar-refractivity contribution in [2.75, 3.05) is 18.0 Å². The maximum Gasteiger partial charge on any atom is 0.0605 e. The van der Waals surface area contributed by atoms with Crippen LogP contribution in [0.15, 0.2) is 18.3 Å². The first-order valence-electron chi connectivity index (χ1n) is 8.17. The number of aryl methyl sites for hydroxylation is 1. The van der Waals surface area contributed by atoms with Crippen LogP contribution in [-0.2, 0) is 0 Å². The third-order valence-corrected chi connectivity index (χ3v) is 5.20. The second-order valence-electron chi connectivity index (χ2n) is 6.52. The predicted octanol–water partition coefficient (Wildman–Crippen LogP) is 3.28. The SMILES string of the molecule is CCC1CNC2(CCCCC2)CN1c1cccnc1C. The third-order valence-electron chi connectivity index (χ3n) is 5.20. The van der Waals surface area contributed by atoms with Crippen LogP contribution in [0.2, 0.25) is 0 Å². The van der Waals surface area contributed by atoms with Gasteiger partial charge in [0, 0.05) is 30.9 Å². The maximum absolute atomic E-state index is 4.49. The van der Waals surface area contributed by atoms with E-state index in [1.807, 2.05) is 6.20 Å². The molecule has 1 N–H and O–H groups in total. The Morgan fingerprint density at radius 3 is 2.85 bits per heavy atom. The third kappa shape index (κ3) is 2.56. The summed E-state index contributed by atoms with van der Waals surface area (Å²) < 4.78 is 0. The number of piperazine rings is 1. The van der Waals surface area contributed by atoms with Gasteiger partial charge >= 0.3 is 0 Å². The van der Waals surface area contributed by atoms with Crippen LogP contribution in [0.4, 0.5) is 5.69 Å². The van der Waals surface area contributed by atoms with E-state index in [-0.39, 0.29) is 0 Å². The van der Waals surface area contributed by atoms with Crippen molar-refractivity contribution in [3.63, 3.8) is 0 Å². The fourth-order valence-electron chi connectivity index (χ4n) is 3.94. The molecule has 0 amide bonds. The second-order valence-corrected chi connectivity index (χ2v) is 6.52. The maximum atomic E-state index is 4.49. The molecular weight excluding hydrogens is 246 g/mol. The highest BCUT2D eigenvalue weighted by Crippen LogP contribution is 2.35. The molecule has 2 heterocycles. The zero-order valence-corrected chi connectivity index (χ0v) is 12.9. The molecule has 2 aliphatic rings. The Morgan fingerprint density at radius 1 is 1.35 bits per heavy atom. The summed E-state index contributed by atoms with van der Waals surface area (Å²) in [5.41, 5.74) is 2.86. The smallest absolute Gasteiger partial charge is 0.0605 e. The molecule has 1 aliphatic carbocycles. The summed E-state index contributed by atoms with van der Waals surface area (Å²) in [5.74, 6) is 0. The molecule has 1 spiro atoms. The van der Waals surface area contributed by atoms with Gasteiger partial charge in [-0.3, -0.25) is 4.98 Å². The molecule has 0 radical (unpaired) electrons. The van der Waals surface area contributed by atoms with Crippen molar-refractivity contribution >= 4 is 5.69 Å². The molecule has 3 rings (SSSR count). The van der Waals surface area contributed by atoms with Crippen molar-refractivity contribution in [3.8, 4) is 0 Å². The lowest BCUT2D eigenvalue weighted by atomic mass is 9.79. The number of hydrogen-bond acceptors (Lipinski definition) is 3. The van der Waals surface area contributed by atoms with Gasteiger partial charge in [0.15, 0.2) is 0 Å². The van der Waals surface area contributed by atoms with Gasteiger partial charge in [0.2, 0.25) is 0 Å². The van der Waals surface area contributed by atoms with Crippen LogP contribution in [0.1, 0.15) is 51.1 Å². The first kappa shape index (κ1) is 13.9. The summed E-state index contributed by atoms with van der Waals surface area (Å²) >= 11 is 0. The summed E-state index contributed by atoms with van der Waals surface area (Å²) in [6, 6.07) is 4.92. The number of hydrogen-bond donors (Lipinski definition) is 1. The lowest BCUT2D eigenvalue weighted by Gasteiger charge is -2.50. The van der Waals surface area contributed by atoms with Gasteiger partial charge < -0.3 is 10.2 Å². The molecular formula is C17H27N3. The molecule has 2 fully saturated rings. The molecule has 3 nitrogen and oxygen atoms in total. The quantitative estimate of drug-likeness (QED) is 0.896.